The van der Waals surface area contributed by atoms with Crippen molar-refractivity contribution in [3.63, 3.8) is 0 Å². The highest BCUT2D eigenvalue weighted by Crippen LogP contribution is 2.18. The summed E-state index contributed by atoms with van der Waals surface area (Å²) < 4.78 is 23.1. The van der Waals surface area contributed by atoms with E-state index in [1.165, 1.54) is 10.8 Å². The Hall–Kier alpha value is -0.653. The molecule has 0 spiro atoms. The van der Waals surface area contributed by atoms with E-state index in [1.807, 2.05) is 7.05 Å². The predicted molar refractivity (Wildman–Crippen MR) is 87.9 cm³/mol. The minimum Gasteiger partial charge on any atom is -0.298 e. The first kappa shape index (κ1) is 15.7. The molecule has 1 aliphatic rings. The lowest BCUT2D eigenvalue weighted by atomic mass is 10.1. The smallest absolute Gasteiger partial charge is 0.151 e. The molecule has 112 valence electrons. The van der Waals surface area contributed by atoms with Crippen molar-refractivity contribution in [2.45, 2.75) is 38.6 Å². The van der Waals surface area contributed by atoms with Crippen molar-refractivity contribution in [2.24, 2.45) is 0 Å². The van der Waals surface area contributed by atoms with Crippen molar-refractivity contribution in [3.8, 4) is 0 Å². The first-order valence-corrected chi connectivity index (χ1v) is 12.5. The molecule has 1 unspecified atom stereocenters. The molecule has 2 rings (SSSR count). The highest BCUT2D eigenvalue weighted by molar-refractivity contribution is 7.91. The van der Waals surface area contributed by atoms with Crippen molar-refractivity contribution in [2.75, 3.05) is 18.6 Å². The molecule has 20 heavy (non-hydrogen) atoms. The summed E-state index contributed by atoms with van der Waals surface area (Å²) >= 11 is 0. The summed E-state index contributed by atoms with van der Waals surface area (Å²) in [7, 11) is -2.00. The number of sulfone groups is 1. The van der Waals surface area contributed by atoms with E-state index in [0.717, 1.165) is 13.0 Å². The van der Waals surface area contributed by atoms with Gasteiger partial charge in [-0.1, -0.05) is 49.1 Å². The summed E-state index contributed by atoms with van der Waals surface area (Å²) in [6, 6.07) is 9.03. The number of benzene rings is 1. The van der Waals surface area contributed by atoms with Gasteiger partial charge in [-0.2, -0.15) is 0 Å². The van der Waals surface area contributed by atoms with Gasteiger partial charge in [0.15, 0.2) is 9.84 Å². The number of rotatable bonds is 4. The lowest BCUT2D eigenvalue weighted by molar-refractivity contribution is 0.254. The van der Waals surface area contributed by atoms with Crippen molar-refractivity contribution in [1.82, 2.24) is 4.90 Å². The van der Waals surface area contributed by atoms with Gasteiger partial charge in [-0.3, -0.25) is 4.90 Å². The predicted octanol–water partition coefficient (Wildman–Crippen LogP) is 1.85. The fraction of sp³-hybridized carbons (Fsp3) is 0.600. The quantitative estimate of drug-likeness (QED) is 0.797. The summed E-state index contributed by atoms with van der Waals surface area (Å²) in [5, 5.41) is 1.47. The van der Waals surface area contributed by atoms with E-state index in [1.54, 1.807) is 0 Å². The van der Waals surface area contributed by atoms with E-state index in [2.05, 4.69) is 48.8 Å². The fourth-order valence-corrected chi connectivity index (χ4v) is 5.62. The van der Waals surface area contributed by atoms with E-state index in [9.17, 15) is 8.42 Å². The van der Waals surface area contributed by atoms with E-state index in [-0.39, 0.29) is 6.04 Å². The topological polar surface area (TPSA) is 37.4 Å². The lowest BCUT2D eigenvalue weighted by Crippen LogP contribution is -2.37. The Morgan fingerprint density at radius 1 is 1.20 bits per heavy atom. The highest BCUT2D eigenvalue weighted by atomic mass is 32.2. The second kappa shape index (κ2) is 5.62. The fourth-order valence-electron chi connectivity index (χ4n) is 2.65. The Bertz CT molecular complexity index is 561. The maximum absolute atomic E-state index is 11.5. The summed E-state index contributed by atoms with van der Waals surface area (Å²) in [6.45, 7) is 7.86. The molecule has 1 saturated heterocycles. The molecule has 1 fully saturated rings. The highest BCUT2D eigenvalue weighted by Gasteiger charge is 2.30. The van der Waals surface area contributed by atoms with Crippen LogP contribution in [0, 0.1) is 0 Å². The summed E-state index contributed by atoms with van der Waals surface area (Å²) in [5.41, 5.74) is 1.26. The van der Waals surface area contributed by atoms with Gasteiger partial charge in [0.1, 0.15) is 0 Å². The average molecular weight is 312 g/mol. The van der Waals surface area contributed by atoms with Crippen LogP contribution in [0.1, 0.15) is 12.0 Å². The third-order valence-corrected chi connectivity index (χ3v) is 7.90. The molecule has 0 aliphatic carbocycles. The SMILES string of the molecule is CN(Cc1ccc([Si](C)(C)C)cc1)C1CCS(=O)(=O)C1. The molecular weight excluding hydrogens is 286 g/mol. The third kappa shape index (κ3) is 3.93. The molecule has 1 heterocycles. The molecular formula is C15H25NO2SSi. The van der Waals surface area contributed by atoms with Gasteiger partial charge < -0.3 is 0 Å². The monoisotopic (exact) mass is 311 g/mol. The minimum absolute atomic E-state index is 0.177. The molecule has 5 heteroatoms. The van der Waals surface area contributed by atoms with Gasteiger partial charge in [-0.05, 0) is 19.0 Å². The van der Waals surface area contributed by atoms with Crippen LogP contribution in [0.2, 0.25) is 19.6 Å². The van der Waals surface area contributed by atoms with Crippen LogP contribution in [0.3, 0.4) is 0 Å². The van der Waals surface area contributed by atoms with Gasteiger partial charge in [0.05, 0.1) is 19.6 Å². The van der Waals surface area contributed by atoms with Crippen LogP contribution < -0.4 is 5.19 Å². The van der Waals surface area contributed by atoms with E-state index >= 15 is 0 Å². The van der Waals surface area contributed by atoms with Gasteiger partial charge >= 0.3 is 0 Å². The molecule has 0 radical (unpaired) electrons. The van der Waals surface area contributed by atoms with Crippen LogP contribution in [0.25, 0.3) is 0 Å². The molecule has 0 N–H and O–H groups in total. The summed E-state index contributed by atoms with van der Waals surface area (Å²) in [5.74, 6) is 0.660. The Balaban J connectivity index is 2.00. The van der Waals surface area contributed by atoms with Gasteiger partial charge in [0, 0.05) is 12.6 Å². The van der Waals surface area contributed by atoms with Crippen LogP contribution in [0.15, 0.2) is 24.3 Å². The Labute approximate surface area is 123 Å². The Morgan fingerprint density at radius 2 is 1.80 bits per heavy atom. The zero-order valence-electron chi connectivity index (χ0n) is 12.9. The standard InChI is InChI=1S/C15H25NO2SSi/c1-16(14-9-10-19(17,18)12-14)11-13-5-7-15(8-6-13)20(2,3)4/h5-8,14H,9-12H2,1-4H3. The zero-order chi connectivity index (χ0) is 15.0. The third-order valence-electron chi connectivity index (χ3n) is 4.08. The van der Waals surface area contributed by atoms with Gasteiger partial charge in [-0.15, -0.1) is 0 Å². The normalized spacial score (nSPS) is 22.4. The second-order valence-electron chi connectivity index (χ2n) is 6.92. The molecule has 1 aromatic rings. The average Bonchev–Trinajstić information content (AvgIpc) is 2.69. The first-order valence-electron chi connectivity index (χ1n) is 7.17. The number of hydrogen-bond acceptors (Lipinski definition) is 3. The van der Waals surface area contributed by atoms with Crippen molar-refractivity contribution in [3.05, 3.63) is 29.8 Å². The van der Waals surface area contributed by atoms with Crippen LogP contribution in [0.4, 0.5) is 0 Å². The Morgan fingerprint density at radius 3 is 2.25 bits per heavy atom. The Kier molecular flexibility index (Phi) is 4.42. The molecule has 1 aromatic carbocycles. The first-order chi connectivity index (χ1) is 9.17. The number of nitrogens with zero attached hydrogens (tertiary/aromatic N) is 1. The second-order valence-corrected chi connectivity index (χ2v) is 14.2. The largest absolute Gasteiger partial charge is 0.298 e. The number of hydrogen-bond donors (Lipinski definition) is 0. The van der Waals surface area contributed by atoms with Gasteiger partial charge in [0.25, 0.3) is 0 Å². The molecule has 1 aliphatic heterocycles. The summed E-state index contributed by atoms with van der Waals surface area (Å²) in [4.78, 5) is 2.17. The van der Waals surface area contributed by atoms with Crippen molar-refractivity contribution >= 4 is 23.1 Å². The maximum atomic E-state index is 11.5. The molecule has 0 bridgehead atoms. The van der Waals surface area contributed by atoms with Gasteiger partial charge in [0.2, 0.25) is 0 Å². The van der Waals surface area contributed by atoms with Crippen LogP contribution in [-0.4, -0.2) is 46.0 Å². The molecule has 3 nitrogen and oxygen atoms in total. The minimum atomic E-state index is -2.79. The lowest BCUT2D eigenvalue weighted by Gasteiger charge is -2.23. The van der Waals surface area contributed by atoms with E-state index in [0.29, 0.717) is 11.5 Å². The maximum Gasteiger partial charge on any atom is 0.151 e. The van der Waals surface area contributed by atoms with Crippen LogP contribution in [-0.2, 0) is 16.4 Å². The molecule has 0 saturated carbocycles. The van der Waals surface area contributed by atoms with Crippen LogP contribution in [0.5, 0.6) is 0 Å². The van der Waals surface area contributed by atoms with Crippen LogP contribution >= 0.6 is 0 Å². The van der Waals surface area contributed by atoms with E-state index < -0.39 is 17.9 Å². The molecule has 1 atom stereocenters. The molecule has 0 amide bonds. The zero-order valence-corrected chi connectivity index (χ0v) is 14.7. The van der Waals surface area contributed by atoms with Gasteiger partial charge in [-0.25, -0.2) is 8.42 Å². The summed E-state index contributed by atoms with van der Waals surface area (Å²) in [6.07, 6.45) is 0.770. The van der Waals surface area contributed by atoms with Crippen molar-refractivity contribution < 1.29 is 8.42 Å². The molecule has 0 aromatic heterocycles. The van der Waals surface area contributed by atoms with E-state index in [4.69, 9.17) is 0 Å². The van der Waals surface area contributed by atoms with Crippen molar-refractivity contribution in [1.29, 1.82) is 0 Å².